The van der Waals surface area contributed by atoms with Gasteiger partial charge in [-0.3, -0.25) is 0 Å². The second-order valence-corrected chi connectivity index (χ2v) is 9.10. The van der Waals surface area contributed by atoms with Gasteiger partial charge in [-0.2, -0.15) is 0 Å². The Morgan fingerprint density at radius 2 is 1.94 bits per heavy atom. The van der Waals surface area contributed by atoms with E-state index in [0.717, 1.165) is 21.3 Å². The lowest BCUT2D eigenvalue weighted by molar-refractivity contribution is 0.0702. The maximum absolute atomic E-state index is 13.4. The predicted octanol–water partition coefficient (Wildman–Crippen LogP) is 7.17. The van der Waals surface area contributed by atoms with Crippen LogP contribution in [0.15, 0.2) is 79.1 Å². The minimum atomic E-state index is -0.951. The smallest absolute Gasteiger partial charge is 0.345 e. The van der Waals surface area contributed by atoms with E-state index in [9.17, 15) is 14.3 Å². The Kier molecular flexibility index (Phi) is 6.31. The highest BCUT2D eigenvalue weighted by Crippen LogP contribution is 2.34. The summed E-state index contributed by atoms with van der Waals surface area (Å²) in [6, 6.07) is 20.5. The number of halogens is 2. The molecule has 0 aliphatic heterocycles. The summed E-state index contributed by atoms with van der Waals surface area (Å²) in [5.41, 5.74) is 3.00. The van der Waals surface area contributed by atoms with Gasteiger partial charge in [0.1, 0.15) is 35.2 Å². The van der Waals surface area contributed by atoms with Crippen LogP contribution >= 0.6 is 22.9 Å². The summed E-state index contributed by atoms with van der Waals surface area (Å²) >= 11 is 7.63. The summed E-state index contributed by atoms with van der Waals surface area (Å²) in [5, 5.41) is 13.7. The first-order valence-corrected chi connectivity index (χ1v) is 11.7. The van der Waals surface area contributed by atoms with Crippen LogP contribution in [0.4, 0.5) is 15.9 Å². The van der Waals surface area contributed by atoms with E-state index in [0.29, 0.717) is 27.8 Å². The Morgan fingerprint density at radius 3 is 2.71 bits per heavy atom. The molecule has 0 bridgehead atoms. The maximum atomic E-state index is 13.4. The molecule has 5 rings (SSSR count). The van der Waals surface area contributed by atoms with Crippen LogP contribution in [-0.4, -0.2) is 21.0 Å². The summed E-state index contributed by atoms with van der Waals surface area (Å²) in [4.78, 5) is 21.1. The average Bonchev–Trinajstić information content (AvgIpc) is 3.35. The van der Waals surface area contributed by atoms with Crippen LogP contribution in [0.2, 0.25) is 5.02 Å². The second kappa shape index (κ2) is 9.69. The third kappa shape index (κ3) is 5.08. The highest BCUT2D eigenvalue weighted by Gasteiger charge is 2.12. The molecule has 0 unspecified atom stereocenters. The van der Waals surface area contributed by atoms with Gasteiger partial charge in [-0.15, -0.1) is 11.3 Å². The number of nitrogens with zero attached hydrogens (tertiary/aromatic N) is 2. The number of nitrogens with one attached hydrogen (secondary N) is 1. The Bertz CT molecular complexity index is 1560. The molecule has 0 amide bonds. The Labute approximate surface area is 208 Å². The fourth-order valence-corrected chi connectivity index (χ4v) is 4.61. The normalized spacial score (nSPS) is 10.9. The lowest BCUT2D eigenvalue weighted by atomic mass is 10.1. The molecule has 6 nitrogen and oxygen atoms in total. The first-order chi connectivity index (χ1) is 17.0. The summed E-state index contributed by atoms with van der Waals surface area (Å²) in [6.45, 7) is 0.190. The van der Waals surface area contributed by atoms with Gasteiger partial charge < -0.3 is 15.2 Å². The molecule has 0 radical (unpaired) electrons. The van der Waals surface area contributed by atoms with Crippen molar-refractivity contribution in [2.75, 3.05) is 5.32 Å². The molecular formula is C26H17ClFN3O3S. The number of ether oxygens (including phenoxy) is 1. The summed E-state index contributed by atoms with van der Waals surface area (Å²) in [5.74, 6) is -0.217. The molecule has 0 spiro atoms. The van der Waals surface area contributed by atoms with Crippen molar-refractivity contribution in [2.24, 2.45) is 0 Å². The molecule has 2 heterocycles. The van der Waals surface area contributed by atoms with E-state index in [1.54, 1.807) is 36.4 Å². The van der Waals surface area contributed by atoms with Gasteiger partial charge in [0, 0.05) is 16.0 Å². The van der Waals surface area contributed by atoms with Gasteiger partial charge in [0.05, 0.1) is 10.5 Å². The van der Waals surface area contributed by atoms with Gasteiger partial charge in [0.25, 0.3) is 0 Å². The molecule has 5 aromatic rings. The molecule has 0 atom stereocenters. The number of thiophene rings is 1. The summed E-state index contributed by atoms with van der Waals surface area (Å²) in [6.07, 6.45) is 1.47. The number of aromatic carboxylic acids is 1. The number of carboxylic acids is 1. The number of benzene rings is 3. The van der Waals surface area contributed by atoms with Crippen LogP contribution in [0.1, 0.15) is 15.2 Å². The van der Waals surface area contributed by atoms with Crippen molar-refractivity contribution in [3.8, 4) is 16.2 Å². The number of carboxylic acid groups (broad SMARTS) is 1. The van der Waals surface area contributed by atoms with E-state index >= 15 is 0 Å². The number of aromatic nitrogens is 2. The molecule has 2 N–H and O–H groups in total. The van der Waals surface area contributed by atoms with Crippen LogP contribution in [-0.2, 0) is 6.61 Å². The van der Waals surface area contributed by atoms with Crippen molar-refractivity contribution in [3.63, 3.8) is 0 Å². The standard InChI is InChI=1S/C26H17ClFN3O3S/c27-20-12-18(5-7-22(20)34-13-15-2-1-3-17(28)10-15)31-25-19-11-16(4-6-21(19)29-14-30-25)23-8-9-24(35-23)26(32)33/h1-12,14H,13H2,(H,32,33)(H,29,30,31). The monoisotopic (exact) mass is 505 g/mol. The van der Waals surface area contributed by atoms with Crippen molar-refractivity contribution >= 4 is 51.3 Å². The van der Waals surface area contributed by atoms with Gasteiger partial charge in [-0.05, 0) is 65.7 Å². The van der Waals surface area contributed by atoms with Gasteiger partial charge in [0.15, 0.2) is 0 Å². The topological polar surface area (TPSA) is 84.3 Å². The molecule has 174 valence electrons. The number of hydrogen-bond acceptors (Lipinski definition) is 6. The molecule has 0 aliphatic carbocycles. The molecular weight excluding hydrogens is 489 g/mol. The van der Waals surface area contributed by atoms with Gasteiger partial charge in [-0.25, -0.2) is 19.2 Å². The lowest BCUT2D eigenvalue weighted by Gasteiger charge is -2.12. The number of fused-ring (bicyclic) bond motifs is 1. The zero-order valence-electron chi connectivity index (χ0n) is 18.0. The number of rotatable bonds is 7. The van der Waals surface area contributed by atoms with Crippen molar-refractivity contribution in [1.82, 2.24) is 9.97 Å². The Morgan fingerprint density at radius 1 is 1.06 bits per heavy atom. The molecule has 0 saturated heterocycles. The molecule has 0 saturated carbocycles. The largest absolute Gasteiger partial charge is 0.487 e. The molecule has 3 aromatic carbocycles. The number of carbonyl (C=O) groups is 1. The third-order valence-corrected chi connectivity index (χ3v) is 6.63. The van der Waals surface area contributed by atoms with E-state index in [1.807, 2.05) is 24.3 Å². The zero-order chi connectivity index (χ0) is 24.4. The number of hydrogen-bond donors (Lipinski definition) is 2. The van der Waals surface area contributed by atoms with Crippen LogP contribution < -0.4 is 10.1 Å². The van der Waals surface area contributed by atoms with Crippen molar-refractivity contribution in [3.05, 3.63) is 100 Å². The van der Waals surface area contributed by atoms with Crippen LogP contribution in [0.25, 0.3) is 21.3 Å². The Balaban J connectivity index is 1.38. The number of anilines is 2. The highest BCUT2D eigenvalue weighted by molar-refractivity contribution is 7.17. The zero-order valence-corrected chi connectivity index (χ0v) is 19.6. The molecule has 2 aromatic heterocycles. The van der Waals surface area contributed by atoms with E-state index in [-0.39, 0.29) is 17.3 Å². The van der Waals surface area contributed by atoms with Crippen LogP contribution in [0, 0.1) is 5.82 Å². The van der Waals surface area contributed by atoms with Crippen molar-refractivity contribution in [2.45, 2.75) is 6.61 Å². The predicted molar refractivity (Wildman–Crippen MR) is 135 cm³/mol. The Hall–Kier alpha value is -4.01. The molecule has 9 heteroatoms. The third-order valence-electron chi connectivity index (χ3n) is 5.21. The first kappa shape index (κ1) is 22.8. The van der Waals surface area contributed by atoms with Crippen molar-refractivity contribution in [1.29, 1.82) is 0 Å². The summed E-state index contributed by atoms with van der Waals surface area (Å²) < 4.78 is 19.1. The van der Waals surface area contributed by atoms with Crippen LogP contribution in [0.3, 0.4) is 0 Å². The highest BCUT2D eigenvalue weighted by atomic mass is 35.5. The van der Waals surface area contributed by atoms with Crippen LogP contribution in [0.5, 0.6) is 5.75 Å². The average molecular weight is 506 g/mol. The maximum Gasteiger partial charge on any atom is 0.345 e. The molecule has 0 aliphatic rings. The van der Waals surface area contributed by atoms with E-state index < -0.39 is 5.97 Å². The van der Waals surface area contributed by atoms with Gasteiger partial charge in [-0.1, -0.05) is 29.8 Å². The fourth-order valence-electron chi connectivity index (χ4n) is 3.54. The van der Waals surface area contributed by atoms with E-state index in [2.05, 4.69) is 15.3 Å². The van der Waals surface area contributed by atoms with Gasteiger partial charge in [0.2, 0.25) is 0 Å². The molecule has 35 heavy (non-hydrogen) atoms. The SMILES string of the molecule is O=C(O)c1ccc(-c2ccc3ncnc(Nc4ccc(OCc5cccc(F)c5)c(Cl)c4)c3c2)s1. The lowest BCUT2D eigenvalue weighted by Crippen LogP contribution is -1.98. The molecule has 0 fully saturated rings. The second-order valence-electron chi connectivity index (χ2n) is 7.61. The van der Waals surface area contributed by atoms with Crippen molar-refractivity contribution < 1.29 is 19.0 Å². The fraction of sp³-hybridized carbons (Fsp3) is 0.0385. The quantitative estimate of drug-likeness (QED) is 0.244. The van der Waals surface area contributed by atoms with Gasteiger partial charge >= 0.3 is 5.97 Å². The minimum absolute atomic E-state index is 0.190. The first-order valence-electron chi connectivity index (χ1n) is 10.5. The summed E-state index contributed by atoms with van der Waals surface area (Å²) in [7, 11) is 0. The minimum Gasteiger partial charge on any atom is -0.487 e. The van der Waals surface area contributed by atoms with E-state index in [4.69, 9.17) is 16.3 Å². The van der Waals surface area contributed by atoms with E-state index in [1.165, 1.54) is 29.8 Å².